The summed E-state index contributed by atoms with van der Waals surface area (Å²) >= 11 is 4.64. The van der Waals surface area contributed by atoms with E-state index in [1.165, 1.54) is 0 Å². The highest BCUT2D eigenvalue weighted by Gasteiger charge is 2.17. The van der Waals surface area contributed by atoms with Crippen LogP contribution >= 0.6 is 11.9 Å². The normalized spacial score (nSPS) is 18.9. The molecule has 0 rings (SSSR count). The first kappa shape index (κ1) is 7.13. The van der Waals surface area contributed by atoms with Crippen molar-refractivity contribution in [3.63, 3.8) is 0 Å². The van der Waals surface area contributed by atoms with Gasteiger partial charge in [0, 0.05) is 0 Å². The first-order chi connectivity index (χ1) is 3.12. The molecule has 5 heteroatoms. The molecule has 0 aromatic rings. The Kier molecular flexibility index (Phi) is 2.49. The van der Waals surface area contributed by atoms with Crippen LogP contribution < -0.4 is 11.5 Å². The van der Waals surface area contributed by atoms with Gasteiger partial charge in [0.2, 0.25) is 0 Å². The van der Waals surface area contributed by atoms with Gasteiger partial charge in [-0.3, -0.25) is 5.73 Å². The predicted molar refractivity (Wildman–Crippen MR) is 25.1 cm³/mol. The van der Waals surface area contributed by atoms with Crippen molar-refractivity contribution < 1.29 is 9.40 Å². The quantitative estimate of drug-likeness (QED) is 0.403. The summed E-state index contributed by atoms with van der Waals surface area (Å²) < 4.78 is 3.77. The van der Waals surface area contributed by atoms with Crippen molar-refractivity contribution in [3.05, 3.63) is 0 Å². The van der Waals surface area contributed by atoms with Gasteiger partial charge in [0.1, 0.15) is 0 Å². The van der Waals surface area contributed by atoms with E-state index in [9.17, 15) is 0 Å². The van der Waals surface area contributed by atoms with E-state index < -0.39 is 5.91 Å². The van der Waals surface area contributed by atoms with Crippen LogP contribution in [-0.2, 0) is 4.29 Å². The molecule has 44 valence electrons. The zero-order valence-electron chi connectivity index (χ0n) is 3.60. The van der Waals surface area contributed by atoms with E-state index >= 15 is 0 Å². The largest absolute Gasteiger partial charge is 0.351 e. The Hall–Kier alpha value is 0.130. The van der Waals surface area contributed by atoms with Crippen LogP contribution in [0.2, 0.25) is 0 Å². The minimum atomic E-state index is -1.87. The van der Waals surface area contributed by atoms with Crippen molar-refractivity contribution in [2.45, 2.75) is 5.91 Å². The van der Waals surface area contributed by atoms with Gasteiger partial charge in [-0.25, -0.2) is 4.29 Å². The molecule has 0 radical (unpaired) electrons. The number of hydrogen-bond donors (Lipinski definition) is 3. The SMILES string of the molecule is NCC(N)(O)OCl. The Morgan fingerprint density at radius 1 is 1.86 bits per heavy atom. The van der Waals surface area contributed by atoms with Crippen molar-refractivity contribution in [3.8, 4) is 0 Å². The fourth-order valence-corrected chi connectivity index (χ4v) is 0.0945. The topological polar surface area (TPSA) is 81.5 Å². The van der Waals surface area contributed by atoms with Crippen LogP contribution in [0.25, 0.3) is 0 Å². The number of hydrogen-bond acceptors (Lipinski definition) is 4. The Morgan fingerprint density at radius 3 is 2.29 bits per heavy atom. The summed E-state index contributed by atoms with van der Waals surface area (Å²) in [6.07, 6.45) is 0. The Balaban J connectivity index is 3.36. The van der Waals surface area contributed by atoms with E-state index in [2.05, 4.69) is 16.2 Å². The number of aliphatic hydroxyl groups is 1. The van der Waals surface area contributed by atoms with Gasteiger partial charge in [0.05, 0.1) is 18.4 Å². The zero-order chi connectivity index (χ0) is 5.91. The molecule has 0 saturated carbocycles. The summed E-state index contributed by atoms with van der Waals surface area (Å²) in [7, 11) is 0. The molecular weight excluding hydrogens is 119 g/mol. The Labute approximate surface area is 46.2 Å². The molecule has 0 aromatic heterocycles. The van der Waals surface area contributed by atoms with E-state index in [0.717, 1.165) is 0 Å². The summed E-state index contributed by atoms with van der Waals surface area (Å²) in [6.45, 7) is -0.226. The lowest BCUT2D eigenvalue weighted by Crippen LogP contribution is -2.47. The van der Waals surface area contributed by atoms with E-state index in [1.54, 1.807) is 0 Å². The van der Waals surface area contributed by atoms with Crippen molar-refractivity contribution in [1.82, 2.24) is 0 Å². The lowest BCUT2D eigenvalue weighted by atomic mass is 10.5. The van der Waals surface area contributed by atoms with Crippen LogP contribution in [0, 0.1) is 0 Å². The molecular formula is C2H7ClN2O2. The molecule has 0 saturated heterocycles. The van der Waals surface area contributed by atoms with Gasteiger partial charge in [-0.1, -0.05) is 0 Å². The van der Waals surface area contributed by atoms with Crippen LogP contribution in [0.1, 0.15) is 0 Å². The fourth-order valence-electron chi connectivity index (χ4n) is 0.0315. The van der Waals surface area contributed by atoms with Gasteiger partial charge in [0.15, 0.2) is 0 Å². The second kappa shape index (κ2) is 2.44. The number of nitrogens with two attached hydrogens (primary N) is 2. The van der Waals surface area contributed by atoms with E-state index in [1.807, 2.05) is 0 Å². The van der Waals surface area contributed by atoms with Gasteiger partial charge < -0.3 is 10.8 Å². The van der Waals surface area contributed by atoms with Gasteiger partial charge >= 0.3 is 0 Å². The molecule has 0 spiro atoms. The Bertz CT molecular complexity index is 51.7. The van der Waals surface area contributed by atoms with Gasteiger partial charge in [-0.15, -0.1) is 0 Å². The minimum absolute atomic E-state index is 0.226. The van der Waals surface area contributed by atoms with E-state index in [-0.39, 0.29) is 6.54 Å². The average molecular weight is 127 g/mol. The van der Waals surface area contributed by atoms with Crippen LogP contribution in [0.5, 0.6) is 0 Å². The molecule has 0 bridgehead atoms. The second-order valence-electron chi connectivity index (χ2n) is 1.13. The maximum Gasteiger partial charge on any atom is 0.253 e. The molecule has 0 aliphatic carbocycles. The number of halogens is 1. The minimum Gasteiger partial charge on any atom is -0.351 e. The molecule has 0 aliphatic heterocycles. The van der Waals surface area contributed by atoms with Crippen LogP contribution in [-0.4, -0.2) is 17.6 Å². The smallest absolute Gasteiger partial charge is 0.253 e. The van der Waals surface area contributed by atoms with Crippen molar-refractivity contribution in [2.24, 2.45) is 11.5 Å². The predicted octanol–water partition coefficient (Wildman–Crippen LogP) is -1.28. The van der Waals surface area contributed by atoms with Crippen LogP contribution in [0.3, 0.4) is 0 Å². The molecule has 7 heavy (non-hydrogen) atoms. The van der Waals surface area contributed by atoms with Crippen molar-refractivity contribution >= 4 is 11.9 Å². The molecule has 0 fully saturated rings. The molecule has 0 aliphatic rings. The first-order valence-corrected chi connectivity index (χ1v) is 1.94. The molecule has 0 aromatic carbocycles. The third-order valence-electron chi connectivity index (χ3n) is 0.426. The monoisotopic (exact) mass is 126 g/mol. The second-order valence-corrected chi connectivity index (χ2v) is 1.28. The zero-order valence-corrected chi connectivity index (χ0v) is 4.35. The maximum absolute atomic E-state index is 8.43. The van der Waals surface area contributed by atoms with Crippen LogP contribution in [0.15, 0.2) is 0 Å². The summed E-state index contributed by atoms with van der Waals surface area (Å²) in [5, 5.41) is 8.43. The standard InChI is InChI=1S/C2H7ClN2O2/c3-7-2(5,6)1-4/h6H,1,4-5H2. The molecule has 1 unspecified atom stereocenters. The summed E-state index contributed by atoms with van der Waals surface area (Å²) in [4.78, 5) is 0. The highest BCUT2D eigenvalue weighted by Crippen LogP contribution is 1.95. The first-order valence-electron chi connectivity index (χ1n) is 1.63. The maximum atomic E-state index is 8.43. The van der Waals surface area contributed by atoms with Crippen molar-refractivity contribution in [1.29, 1.82) is 0 Å². The fraction of sp³-hybridized carbons (Fsp3) is 1.00. The van der Waals surface area contributed by atoms with Gasteiger partial charge in [-0.05, 0) is 0 Å². The summed E-state index contributed by atoms with van der Waals surface area (Å²) in [6, 6.07) is 0. The third-order valence-corrected chi connectivity index (χ3v) is 0.693. The molecule has 4 nitrogen and oxygen atoms in total. The van der Waals surface area contributed by atoms with E-state index in [0.29, 0.717) is 0 Å². The van der Waals surface area contributed by atoms with Crippen LogP contribution in [0.4, 0.5) is 0 Å². The van der Waals surface area contributed by atoms with Gasteiger partial charge in [-0.2, -0.15) is 0 Å². The highest BCUT2D eigenvalue weighted by atomic mass is 35.5. The molecule has 0 heterocycles. The third kappa shape index (κ3) is 2.78. The lowest BCUT2D eigenvalue weighted by Gasteiger charge is -2.14. The Morgan fingerprint density at radius 2 is 2.29 bits per heavy atom. The number of rotatable bonds is 2. The lowest BCUT2D eigenvalue weighted by molar-refractivity contribution is -0.118. The van der Waals surface area contributed by atoms with E-state index in [4.69, 9.17) is 16.6 Å². The summed E-state index contributed by atoms with van der Waals surface area (Å²) in [5.41, 5.74) is 9.62. The van der Waals surface area contributed by atoms with Gasteiger partial charge in [0.25, 0.3) is 5.91 Å². The highest BCUT2D eigenvalue weighted by molar-refractivity contribution is 6.07. The average Bonchev–Trinajstić information content (AvgIpc) is 1.68. The molecule has 1 atom stereocenters. The molecule has 0 amide bonds. The molecule has 5 N–H and O–H groups in total. The summed E-state index contributed by atoms with van der Waals surface area (Å²) in [5.74, 6) is -1.87. The van der Waals surface area contributed by atoms with Crippen molar-refractivity contribution in [2.75, 3.05) is 6.54 Å².